The highest BCUT2D eigenvalue weighted by atomic mass is 16.5. The lowest BCUT2D eigenvalue weighted by Gasteiger charge is -2.28. The van der Waals surface area contributed by atoms with Crippen LogP contribution in [0.3, 0.4) is 0 Å². The molecular formula is C11H23NO3. The van der Waals surface area contributed by atoms with E-state index < -0.39 is 5.54 Å². The summed E-state index contributed by atoms with van der Waals surface area (Å²) in [5.74, 6) is 0.129. The van der Waals surface area contributed by atoms with Crippen LogP contribution < -0.4 is 5.32 Å². The van der Waals surface area contributed by atoms with Crippen molar-refractivity contribution in [2.24, 2.45) is 5.92 Å². The zero-order chi connectivity index (χ0) is 12.1. The maximum atomic E-state index is 11.5. The summed E-state index contributed by atoms with van der Waals surface area (Å²) in [5, 5.41) is 2.92. The number of carbonyl (C=O) groups is 1. The zero-order valence-corrected chi connectivity index (χ0v) is 10.6. The summed E-state index contributed by atoms with van der Waals surface area (Å²) in [5.41, 5.74) is -0.766. The largest absolute Gasteiger partial charge is 0.468 e. The summed E-state index contributed by atoms with van der Waals surface area (Å²) < 4.78 is 10.3. The molecule has 1 N–H and O–H groups in total. The van der Waals surface area contributed by atoms with Gasteiger partial charge in [-0.25, -0.2) is 4.79 Å². The van der Waals surface area contributed by atoms with Gasteiger partial charge >= 0.3 is 5.97 Å². The fourth-order valence-corrected chi connectivity index (χ4v) is 0.949. The second-order valence-electron chi connectivity index (χ2n) is 4.33. The summed E-state index contributed by atoms with van der Waals surface area (Å²) in [6, 6.07) is 0. The first-order valence-corrected chi connectivity index (χ1v) is 5.26. The van der Waals surface area contributed by atoms with Gasteiger partial charge in [0.05, 0.1) is 19.8 Å². The van der Waals surface area contributed by atoms with Gasteiger partial charge < -0.3 is 14.8 Å². The third-order valence-electron chi connectivity index (χ3n) is 2.76. The average molecular weight is 217 g/mol. The Bertz CT molecular complexity index is 206. The summed E-state index contributed by atoms with van der Waals surface area (Å²) in [6.45, 7) is 8.25. The highest BCUT2D eigenvalue weighted by molar-refractivity contribution is 5.80. The van der Waals surface area contributed by atoms with Crippen LogP contribution in [-0.4, -0.2) is 38.4 Å². The Hall–Kier alpha value is -0.610. The molecule has 0 fully saturated rings. The van der Waals surface area contributed by atoms with Crippen molar-refractivity contribution in [1.29, 1.82) is 0 Å². The van der Waals surface area contributed by atoms with E-state index in [1.54, 1.807) is 14.0 Å². The molecule has 0 bridgehead atoms. The van der Waals surface area contributed by atoms with Crippen LogP contribution in [0.5, 0.6) is 0 Å². The first-order chi connectivity index (χ1) is 6.87. The molecule has 4 nitrogen and oxygen atoms in total. The normalized spacial score (nSPS) is 17.3. The van der Waals surface area contributed by atoms with Gasteiger partial charge in [0, 0.05) is 0 Å². The summed E-state index contributed by atoms with van der Waals surface area (Å²) in [6.07, 6.45) is 0.127. The molecule has 2 atom stereocenters. The van der Waals surface area contributed by atoms with Crippen molar-refractivity contribution >= 4 is 5.97 Å². The van der Waals surface area contributed by atoms with E-state index >= 15 is 0 Å². The van der Waals surface area contributed by atoms with Crippen LogP contribution in [0.2, 0.25) is 0 Å². The Kier molecular flexibility index (Phi) is 5.83. The topological polar surface area (TPSA) is 47.6 Å². The van der Waals surface area contributed by atoms with Gasteiger partial charge in [-0.15, -0.1) is 0 Å². The molecule has 0 aliphatic rings. The van der Waals surface area contributed by atoms with E-state index in [4.69, 9.17) is 9.47 Å². The molecule has 2 unspecified atom stereocenters. The van der Waals surface area contributed by atoms with Crippen molar-refractivity contribution < 1.29 is 14.3 Å². The number of methoxy groups -OCH3 is 1. The second kappa shape index (κ2) is 6.08. The Morgan fingerprint density at radius 2 is 1.93 bits per heavy atom. The highest BCUT2D eigenvalue weighted by Gasteiger charge is 2.33. The molecule has 0 amide bonds. The summed E-state index contributed by atoms with van der Waals surface area (Å²) >= 11 is 0. The Morgan fingerprint density at radius 1 is 1.40 bits per heavy atom. The quantitative estimate of drug-likeness (QED) is 0.679. The van der Waals surface area contributed by atoms with Crippen LogP contribution in [0.15, 0.2) is 0 Å². The van der Waals surface area contributed by atoms with Crippen molar-refractivity contribution in [2.75, 3.05) is 20.8 Å². The molecule has 0 aromatic carbocycles. The van der Waals surface area contributed by atoms with E-state index in [0.717, 1.165) is 0 Å². The number of likely N-dealkylation sites (N-methyl/N-ethyl adjacent to an activating group) is 1. The molecule has 0 saturated heterocycles. The van der Waals surface area contributed by atoms with Crippen LogP contribution >= 0.6 is 0 Å². The molecule has 0 rings (SSSR count). The molecule has 0 aliphatic carbocycles. The number of esters is 1. The zero-order valence-electron chi connectivity index (χ0n) is 10.6. The minimum atomic E-state index is -0.766. The van der Waals surface area contributed by atoms with Gasteiger partial charge in [-0.1, -0.05) is 13.8 Å². The first-order valence-electron chi connectivity index (χ1n) is 5.26. The lowest BCUT2D eigenvalue weighted by molar-refractivity contribution is -0.151. The van der Waals surface area contributed by atoms with Gasteiger partial charge in [-0.2, -0.15) is 0 Å². The van der Waals surface area contributed by atoms with Crippen molar-refractivity contribution in [1.82, 2.24) is 5.32 Å². The Morgan fingerprint density at radius 3 is 2.27 bits per heavy atom. The number of hydrogen-bond donors (Lipinski definition) is 1. The summed E-state index contributed by atoms with van der Waals surface area (Å²) in [7, 11) is 3.10. The van der Waals surface area contributed by atoms with E-state index in [1.807, 2.05) is 6.92 Å². The molecule has 15 heavy (non-hydrogen) atoms. The number of nitrogens with one attached hydrogen (secondary N) is 1. The lowest BCUT2D eigenvalue weighted by atomic mass is 10.0. The maximum absolute atomic E-state index is 11.5. The smallest absolute Gasteiger partial charge is 0.328 e. The van der Waals surface area contributed by atoms with E-state index in [9.17, 15) is 4.79 Å². The van der Waals surface area contributed by atoms with Crippen molar-refractivity contribution in [3.8, 4) is 0 Å². The van der Waals surface area contributed by atoms with Gasteiger partial charge in [0.15, 0.2) is 0 Å². The molecular weight excluding hydrogens is 194 g/mol. The molecule has 0 spiro atoms. The van der Waals surface area contributed by atoms with Crippen LogP contribution in [0.25, 0.3) is 0 Å². The van der Waals surface area contributed by atoms with Crippen LogP contribution in [0.4, 0.5) is 0 Å². The van der Waals surface area contributed by atoms with Gasteiger partial charge in [0.2, 0.25) is 0 Å². The maximum Gasteiger partial charge on any atom is 0.328 e. The molecule has 0 aromatic heterocycles. The van der Waals surface area contributed by atoms with Crippen LogP contribution in [0.1, 0.15) is 27.7 Å². The monoisotopic (exact) mass is 217 g/mol. The summed E-state index contributed by atoms with van der Waals surface area (Å²) in [4.78, 5) is 11.5. The fraction of sp³-hybridized carbons (Fsp3) is 0.909. The first kappa shape index (κ1) is 14.4. The van der Waals surface area contributed by atoms with Crippen molar-refractivity contribution in [2.45, 2.75) is 39.3 Å². The molecule has 0 aromatic rings. The second-order valence-corrected chi connectivity index (χ2v) is 4.33. The van der Waals surface area contributed by atoms with Crippen molar-refractivity contribution in [3.05, 3.63) is 0 Å². The fourth-order valence-electron chi connectivity index (χ4n) is 0.949. The predicted molar refractivity (Wildman–Crippen MR) is 59.7 cm³/mol. The predicted octanol–water partition coefficient (Wildman–Crippen LogP) is 1.20. The van der Waals surface area contributed by atoms with E-state index in [1.165, 1.54) is 7.11 Å². The van der Waals surface area contributed by atoms with Crippen molar-refractivity contribution in [3.63, 3.8) is 0 Å². The Balaban J connectivity index is 4.27. The SMILES string of the molecule is CNC(C)(COC(C)C(C)C)C(=O)OC. The number of carbonyl (C=O) groups excluding carboxylic acids is 1. The van der Waals surface area contributed by atoms with Gasteiger partial charge in [0.1, 0.15) is 5.54 Å². The van der Waals surface area contributed by atoms with E-state index in [2.05, 4.69) is 19.2 Å². The van der Waals surface area contributed by atoms with Crippen LogP contribution in [0, 0.1) is 5.92 Å². The highest BCUT2D eigenvalue weighted by Crippen LogP contribution is 2.11. The van der Waals surface area contributed by atoms with Gasteiger partial charge in [-0.3, -0.25) is 0 Å². The molecule has 0 aliphatic heterocycles. The van der Waals surface area contributed by atoms with E-state index in [-0.39, 0.29) is 12.1 Å². The molecule has 4 heteroatoms. The van der Waals surface area contributed by atoms with Crippen LogP contribution in [-0.2, 0) is 14.3 Å². The third-order valence-corrected chi connectivity index (χ3v) is 2.76. The van der Waals surface area contributed by atoms with Gasteiger partial charge in [-0.05, 0) is 26.8 Å². The third kappa shape index (κ3) is 4.18. The van der Waals surface area contributed by atoms with Gasteiger partial charge in [0.25, 0.3) is 0 Å². The Labute approximate surface area is 92.3 Å². The molecule has 0 heterocycles. The minimum absolute atomic E-state index is 0.127. The molecule has 0 radical (unpaired) electrons. The average Bonchev–Trinajstić information content (AvgIpc) is 2.23. The number of ether oxygens (including phenoxy) is 2. The standard InChI is InChI=1S/C11H23NO3/c1-8(2)9(3)15-7-11(4,12-5)10(13)14-6/h8-9,12H,7H2,1-6H3. The van der Waals surface area contributed by atoms with E-state index in [0.29, 0.717) is 12.5 Å². The molecule has 0 saturated carbocycles. The lowest BCUT2D eigenvalue weighted by Crippen LogP contribution is -2.52. The number of rotatable bonds is 6. The minimum Gasteiger partial charge on any atom is -0.468 e. The number of hydrogen-bond acceptors (Lipinski definition) is 4. The molecule has 90 valence electrons.